The molecule has 11 nitrogen and oxygen atoms in total. The van der Waals surface area contributed by atoms with E-state index in [2.05, 4.69) is 0 Å². The van der Waals surface area contributed by atoms with E-state index >= 15 is 0 Å². The van der Waals surface area contributed by atoms with Crippen molar-refractivity contribution in [3.05, 3.63) is 0 Å². The fourth-order valence-electron chi connectivity index (χ4n) is 3.29. The molecule has 0 saturated carbocycles. The molecule has 0 rings (SSSR count). The summed E-state index contributed by atoms with van der Waals surface area (Å²) in [5.41, 5.74) is -2.22. The standard InChI is InChI=1S/C18H36O3.2C5H12O4/c19-17-15-13-11-9-7-5-3-1-2-4-6-8-10-12-14-16-18(20)21;2*6-1-5(2-7,3-8)4-9/h19H,1-17H2,(H,20,21);2*6-9H,1-4H2. The van der Waals surface area contributed by atoms with Gasteiger partial charge in [0.15, 0.2) is 0 Å². The molecule has 0 fully saturated rings. The van der Waals surface area contributed by atoms with E-state index in [9.17, 15) is 4.79 Å². The number of hydrogen-bond acceptors (Lipinski definition) is 10. The van der Waals surface area contributed by atoms with Crippen LogP contribution in [0.5, 0.6) is 0 Å². The summed E-state index contributed by atoms with van der Waals surface area (Å²) in [7, 11) is 0. The Hall–Kier alpha value is -0.890. The number of aliphatic hydroxyl groups is 9. The third-order valence-corrected chi connectivity index (χ3v) is 6.73. The first-order valence-electron chi connectivity index (χ1n) is 14.5. The molecular formula is C28H60O11. The minimum absolute atomic E-state index is 0.333. The molecule has 11 heteroatoms. The second-order valence-corrected chi connectivity index (χ2v) is 10.4. The molecule has 0 amide bonds. The van der Waals surface area contributed by atoms with Crippen molar-refractivity contribution >= 4 is 5.97 Å². The van der Waals surface area contributed by atoms with Crippen molar-refractivity contribution < 1.29 is 55.9 Å². The Bertz CT molecular complexity index is 429. The summed E-state index contributed by atoms with van der Waals surface area (Å²) in [6, 6.07) is 0. The van der Waals surface area contributed by atoms with Crippen molar-refractivity contribution in [2.75, 3.05) is 59.5 Å². The highest BCUT2D eigenvalue weighted by atomic mass is 16.4. The van der Waals surface area contributed by atoms with Crippen LogP contribution in [0.2, 0.25) is 0 Å². The summed E-state index contributed by atoms with van der Waals surface area (Å²) < 4.78 is 0. The smallest absolute Gasteiger partial charge is 0.303 e. The normalized spacial score (nSPS) is 11.4. The minimum Gasteiger partial charge on any atom is -0.481 e. The number of carboxylic acids is 1. The Kier molecular flexibility index (Phi) is 34.5. The van der Waals surface area contributed by atoms with Crippen molar-refractivity contribution in [3.8, 4) is 0 Å². The van der Waals surface area contributed by atoms with Gasteiger partial charge in [-0.3, -0.25) is 4.79 Å². The van der Waals surface area contributed by atoms with Crippen molar-refractivity contribution in [1.82, 2.24) is 0 Å². The lowest BCUT2D eigenvalue weighted by atomic mass is 9.93. The molecule has 0 aliphatic rings. The number of rotatable bonds is 25. The molecule has 10 N–H and O–H groups in total. The summed E-state index contributed by atoms with van der Waals surface area (Å²) in [5, 5.41) is 85.2. The average molecular weight is 573 g/mol. The first-order chi connectivity index (χ1) is 18.8. The zero-order valence-corrected chi connectivity index (χ0v) is 24.1. The summed E-state index contributed by atoms with van der Waals surface area (Å²) in [6.45, 7) is -2.90. The maximum Gasteiger partial charge on any atom is 0.303 e. The Morgan fingerprint density at radius 1 is 0.359 bits per heavy atom. The third kappa shape index (κ3) is 27.1. The van der Waals surface area contributed by atoms with Gasteiger partial charge in [0.2, 0.25) is 0 Å². The van der Waals surface area contributed by atoms with Crippen LogP contribution < -0.4 is 0 Å². The van der Waals surface area contributed by atoms with E-state index in [0.717, 1.165) is 19.3 Å². The molecule has 0 aliphatic carbocycles. The van der Waals surface area contributed by atoms with Crippen LogP contribution in [-0.4, -0.2) is 116 Å². The molecular weight excluding hydrogens is 512 g/mol. The van der Waals surface area contributed by atoms with Crippen LogP contribution in [0.15, 0.2) is 0 Å². The van der Waals surface area contributed by atoms with Crippen molar-refractivity contribution in [2.24, 2.45) is 10.8 Å². The molecule has 0 saturated heterocycles. The molecule has 0 spiro atoms. The molecule has 0 bridgehead atoms. The highest BCUT2D eigenvalue weighted by Crippen LogP contribution is 2.14. The van der Waals surface area contributed by atoms with Gasteiger partial charge in [0.25, 0.3) is 0 Å². The highest BCUT2D eigenvalue weighted by Gasteiger charge is 2.27. The summed E-state index contributed by atoms with van der Waals surface area (Å²) in [5.74, 6) is -0.664. The largest absolute Gasteiger partial charge is 0.481 e. The number of aliphatic hydroxyl groups excluding tert-OH is 9. The summed E-state index contributed by atoms with van der Waals surface area (Å²) in [6.07, 6.45) is 19.0. The van der Waals surface area contributed by atoms with E-state index in [1.165, 1.54) is 77.0 Å². The van der Waals surface area contributed by atoms with E-state index in [0.29, 0.717) is 13.0 Å². The number of carbonyl (C=O) groups is 1. The molecule has 0 aliphatic heterocycles. The van der Waals surface area contributed by atoms with Gasteiger partial charge in [-0.2, -0.15) is 0 Å². The predicted octanol–water partition coefficient (Wildman–Crippen LogP) is 1.19. The zero-order chi connectivity index (χ0) is 30.3. The minimum atomic E-state index is -1.11. The fourth-order valence-corrected chi connectivity index (χ4v) is 3.29. The molecule has 0 aromatic heterocycles. The highest BCUT2D eigenvalue weighted by molar-refractivity contribution is 5.66. The molecule has 0 radical (unpaired) electrons. The summed E-state index contributed by atoms with van der Waals surface area (Å²) in [4.78, 5) is 10.3. The lowest BCUT2D eigenvalue weighted by Crippen LogP contribution is -2.37. The number of hydrogen-bond donors (Lipinski definition) is 10. The van der Waals surface area contributed by atoms with E-state index in [1.54, 1.807) is 0 Å². The van der Waals surface area contributed by atoms with Gasteiger partial charge in [0.05, 0.1) is 63.7 Å². The van der Waals surface area contributed by atoms with E-state index < -0.39 is 69.7 Å². The van der Waals surface area contributed by atoms with Gasteiger partial charge in [0.1, 0.15) is 0 Å². The molecule has 0 heterocycles. The van der Waals surface area contributed by atoms with Crippen LogP contribution in [0.1, 0.15) is 103 Å². The van der Waals surface area contributed by atoms with Crippen LogP contribution in [0.25, 0.3) is 0 Å². The van der Waals surface area contributed by atoms with E-state index in [4.69, 9.17) is 51.1 Å². The van der Waals surface area contributed by atoms with Gasteiger partial charge in [-0.25, -0.2) is 0 Å². The Morgan fingerprint density at radius 3 is 0.718 bits per heavy atom. The lowest BCUT2D eigenvalue weighted by molar-refractivity contribution is -0.137. The SMILES string of the molecule is O=C(O)CCCCCCCCCCCCCCCCCO.OCC(CO)(CO)CO.OCC(CO)(CO)CO. The Balaban J connectivity index is -0.000000592. The molecule has 0 aromatic rings. The number of unbranched alkanes of at least 4 members (excludes halogenated alkanes) is 14. The van der Waals surface area contributed by atoms with Gasteiger partial charge in [-0.15, -0.1) is 0 Å². The quantitative estimate of drug-likeness (QED) is 0.0700. The van der Waals surface area contributed by atoms with Gasteiger partial charge >= 0.3 is 5.97 Å². The molecule has 238 valence electrons. The first-order valence-corrected chi connectivity index (χ1v) is 14.5. The Labute approximate surface area is 235 Å². The van der Waals surface area contributed by atoms with Crippen LogP contribution in [0.3, 0.4) is 0 Å². The second-order valence-electron chi connectivity index (χ2n) is 10.4. The average Bonchev–Trinajstić information content (AvgIpc) is 2.96. The number of carboxylic acid groups (broad SMARTS) is 1. The molecule has 0 aromatic carbocycles. The fraction of sp³-hybridized carbons (Fsp3) is 0.964. The monoisotopic (exact) mass is 572 g/mol. The van der Waals surface area contributed by atoms with Gasteiger partial charge < -0.3 is 51.1 Å². The molecule has 0 unspecified atom stereocenters. The van der Waals surface area contributed by atoms with Gasteiger partial charge in [-0.05, 0) is 12.8 Å². The zero-order valence-electron chi connectivity index (χ0n) is 24.1. The number of aliphatic carboxylic acids is 1. The first kappa shape index (κ1) is 42.6. The molecule has 0 atom stereocenters. The van der Waals surface area contributed by atoms with Crippen molar-refractivity contribution in [2.45, 2.75) is 103 Å². The van der Waals surface area contributed by atoms with Crippen LogP contribution in [0, 0.1) is 10.8 Å². The third-order valence-electron chi connectivity index (χ3n) is 6.73. The van der Waals surface area contributed by atoms with Crippen LogP contribution >= 0.6 is 0 Å². The predicted molar refractivity (Wildman–Crippen MR) is 150 cm³/mol. The maximum absolute atomic E-state index is 10.3. The van der Waals surface area contributed by atoms with E-state index in [1.807, 2.05) is 0 Å². The molecule has 39 heavy (non-hydrogen) atoms. The van der Waals surface area contributed by atoms with Crippen LogP contribution in [0.4, 0.5) is 0 Å². The van der Waals surface area contributed by atoms with Crippen molar-refractivity contribution in [3.63, 3.8) is 0 Å². The van der Waals surface area contributed by atoms with Gasteiger partial charge in [0, 0.05) is 13.0 Å². The summed E-state index contributed by atoms with van der Waals surface area (Å²) >= 11 is 0. The van der Waals surface area contributed by atoms with E-state index in [-0.39, 0.29) is 0 Å². The van der Waals surface area contributed by atoms with Crippen molar-refractivity contribution in [1.29, 1.82) is 0 Å². The maximum atomic E-state index is 10.3. The Morgan fingerprint density at radius 2 is 0.564 bits per heavy atom. The second kappa shape index (κ2) is 31.6. The topological polar surface area (TPSA) is 219 Å². The van der Waals surface area contributed by atoms with Gasteiger partial charge in [-0.1, -0.05) is 83.5 Å². The van der Waals surface area contributed by atoms with Crippen LogP contribution in [-0.2, 0) is 4.79 Å². The lowest BCUT2D eigenvalue weighted by Gasteiger charge is -2.23.